The molecule has 7 heteroatoms. The number of ether oxygens (including phenoxy) is 1. The first-order valence-corrected chi connectivity index (χ1v) is 10.5. The van der Waals surface area contributed by atoms with E-state index < -0.39 is 0 Å². The number of fused-ring (bicyclic) bond motifs is 1. The van der Waals surface area contributed by atoms with Gasteiger partial charge in [0.2, 0.25) is 5.91 Å². The largest absolute Gasteiger partial charge is 0.483 e. The highest BCUT2D eigenvalue weighted by Gasteiger charge is 2.34. The van der Waals surface area contributed by atoms with Crippen LogP contribution in [-0.4, -0.2) is 39.0 Å². The van der Waals surface area contributed by atoms with Gasteiger partial charge in [-0.3, -0.25) is 4.79 Å². The van der Waals surface area contributed by atoms with E-state index in [1.807, 2.05) is 60.5 Å². The Bertz CT molecular complexity index is 1210. The fourth-order valence-electron chi connectivity index (χ4n) is 3.93. The number of para-hydroxylation sites is 2. The van der Waals surface area contributed by atoms with E-state index in [1.54, 1.807) is 0 Å². The summed E-state index contributed by atoms with van der Waals surface area (Å²) in [6.45, 7) is 3.49. The van der Waals surface area contributed by atoms with Gasteiger partial charge in [0.15, 0.2) is 12.4 Å². The quantitative estimate of drug-likeness (QED) is 0.492. The highest BCUT2D eigenvalue weighted by Crippen LogP contribution is 2.27. The molecule has 1 N–H and O–H groups in total. The molecule has 0 saturated carbocycles. The Hall–Kier alpha value is -3.61. The summed E-state index contributed by atoms with van der Waals surface area (Å²) in [4.78, 5) is 22.1. The molecule has 1 amide bonds. The van der Waals surface area contributed by atoms with E-state index in [1.165, 1.54) is 10.9 Å². The average molecular weight is 416 g/mol. The zero-order chi connectivity index (χ0) is 21.2. The predicted octanol–water partition coefficient (Wildman–Crippen LogP) is 4.00. The van der Waals surface area contributed by atoms with E-state index in [0.29, 0.717) is 31.2 Å². The van der Waals surface area contributed by atoms with Gasteiger partial charge < -0.3 is 19.1 Å². The Morgan fingerprint density at radius 1 is 1.19 bits per heavy atom. The summed E-state index contributed by atoms with van der Waals surface area (Å²) in [6.07, 6.45) is 3.22. The lowest BCUT2D eigenvalue weighted by Gasteiger charge is -2.37. The molecule has 1 aliphatic rings. The van der Waals surface area contributed by atoms with Gasteiger partial charge in [0.1, 0.15) is 5.75 Å². The van der Waals surface area contributed by atoms with Gasteiger partial charge in [-0.1, -0.05) is 41.6 Å². The maximum absolute atomic E-state index is 12.6. The number of nitrogens with one attached hydrogen (secondary N) is 1. The number of aryl methyl sites for hydroxylation is 2. The molecule has 0 aliphatic carbocycles. The first-order valence-electron chi connectivity index (χ1n) is 10.5. The number of hydrogen-bond donors (Lipinski definition) is 1. The van der Waals surface area contributed by atoms with E-state index in [-0.39, 0.29) is 18.4 Å². The van der Waals surface area contributed by atoms with Crippen LogP contribution in [0.3, 0.4) is 0 Å². The van der Waals surface area contributed by atoms with Crippen molar-refractivity contribution in [2.45, 2.75) is 32.3 Å². The van der Waals surface area contributed by atoms with Crippen LogP contribution >= 0.6 is 0 Å². The number of likely N-dealkylation sites (tertiary alicyclic amines) is 1. The van der Waals surface area contributed by atoms with Crippen LogP contribution in [0.1, 0.15) is 35.2 Å². The van der Waals surface area contributed by atoms with Gasteiger partial charge in [0.05, 0.1) is 5.92 Å². The highest BCUT2D eigenvalue weighted by atomic mass is 16.5. The van der Waals surface area contributed by atoms with Crippen LogP contribution in [0.2, 0.25) is 0 Å². The van der Waals surface area contributed by atoms with E-state index in [4.69, 9.17) is 9.26 Å². The standard InChI is InChI=1S/C24H24N4O3/c1-16-6-2-5-9-21(16)30-15-22-26-24(27-31-22)18-13-28(14-18)23(29)11-10-17-12-25-20-8-4-3-7-19(17)20/h2-9,12,18,25H,10-11,13-15H2,1H3. The van der Waals surface area contributed by atoms with Gasteiger partial charge >= 0.3 is 0 Å². The third kappa shape index (κ3) is 4.03. The van der Waals surface area contributed by atoms with Crippen LogP contribution < -0.4 is 4.74 Å². The highest BCUT2D eigenvalue weighted by molar-refractivity contribution is 5.84. The molecule has 0 atom stereocenters. The van der Waals surface area contributed by atoms with Crippen LogP contribution in [0.4, 0.5) is 0 Å². The monoisotopic (exact) mass is 416 g/mol. The molecule has 158 valence electrons. The molecular weight excluding hydrogens is 392 g/mol. The van der Waals surface area contributed by atoms with E-state index in [0.717, 1.165) is 23.3 Å². The molecule has 2 aromatic heterocycles. The Morgan fingerprint density at radius 3 is 2.87 bits per heavy atom. The van der Waals surface area contributed by atoms with Gasteiger partial charge in [-0.15, -0.1) is 0 Å². The van der Waals surface area contributed by atoms with Crippen LogP contribution in [0.15, 0.2) is 59.3 Å². The molecule has 1 saturated heterocycles. The number of benzene rings is 2. The summed E-state index contributed by atoms with van der Waals surface area (Å²) < 4.78 is 11.1. The van der Waals surface area contributed by atoms with E-state index >= 15 is 0 Å². The molecule has 0 unspecified atom stereocenters. The molecule has 2 aromatic carbocycles. The van der Waals surface area contributed by atoms with Crippen LogP contribution in [0.25, 0.3) is 10.9 Å². The van der Waals surface area contributed by atoms with Crippen LogP contribution in [0.5, 0.6) is 5.75 Å². The Morgan fingerprint density at radius 2 is 2.00 bits per heavy atom. The zero-order valence-corrected chi connectivity index (χ0v) is 17.4. The lowest BCUT2D eigenvalue weighted by Crippen LogP contribution is -2.48. The molecule has 7 nitrogen and oxygen atoms in total. The summed E-state index contributed by atoms with van der Waals surface area (Å²) in [6, 6.07) is 16.0. The van der Waals surface area contributed by atoms with Crippen LogP contribution in [0, 0.1) is 6.92 Å². The van der Waals surface area contributed by atoms with E-state index in [9.17, 15) is 4.79 Å². The van der Waals surface area contributed by atoms with Crippen LogP contribution in [-0.2, 0) is 17.8 Å². The molecule has 5 rings (SSSR count). The summed E-state index contributed by atoms with van der Waals surface area (Å²) >= 11 is 0. The number of H-pyrrole nitrogens is 1. The Kier molecular flexibility index (Phi) is 5.16. The van der Waals surface area contributed by atoms with Gasteiger partial charge in [-0.25, -0.2) is 0 Å². The molecule has 31 heavy (non-hydrogen) atoms. The number of aromatic amines is 1. The van der Waals surface area contributed by atoms with Crippen molar-refractivity contribution in [2.24, 2.45) is 0 Å². The topological polar surface area (TPSA) is 84.2 Å². The molecule has 3 heterocycles. The Labute approximate surface area is 180 Å². The fourth-order valence-corrected chi connectivity index (χ4v) is 3.93. The van der Waals surface area contributed by atoms with Crippen molar-refractivity contribution in [3.63, 3.8) is 0 Å². The van der Waals surface area contributed by atoms with Crippen molar-refractivity contribution < 1.29 is 14.1 Å². The molecule has 0 spiro atoms. The average Bonchev–Trinajstić information content (AvgIpc) is 3.38. The third-order valence-electron chi connectivity index (χ3n) is 5.81. The lowest BCUT2D eigenvalue weighted by molar-refractivity contribution is -0.135. The molecule has 1 fully saturated rings. The van der Waals surface area contributed by atoms with Gasteiger partial charge in [-0.05, 0) is 36.6 Å². The van der Waals surface area contributed by atoms with Crippen molar-refractivity contribution in [1.82, 2.24) is 20.0 Å². The number of nitrogens with zero attached hydrogens (tertiary/aromatic N) is 3. The minimum Gasteiger partial charge on any atom is -0.483 e. The normalized spacial score (nSPS) is 14.0. The van der Waals surface area contributed by atoms with Crippen molar-refractivity contribution in [3.05, 3.63) is 77.6 Å². The summed E-state index contributed by atoms with van der Waals surface area (Å²) in [5.41, 5.74) is 3.34. The van der Waals surface area contributed by atoms with Gasteiger partial charge in [-0.2, -0.15) is 4.98 Å². The number of amides is 1. The number of carbonyl (C=O) groups is 1. The molecular formula is C24H24N4O3. The molecule has 0 bridgehead atoms. The number of carbonyl (C=O) groups excluding carboxylic acids is 1. The maximum Gasteiger partial charge on any atom is 0.264 e. The Balaban J connectivity index is 1.11. The molecule has 4 aromatic rings. The number of rotatable bonds is 7. The van der Waals surface area contributed by atoms with Crippen molar-refractivity contribution >= 4 is 16.8 Å². The van der Waals surface area contributed by atoms with Crippen molar-refractivity contribution in [2.75, 3.05) is 13.1 Å². The second-order valence-corrected chi connectivity index (χ2v) is 7.96. The minimum absolute atomic E-state index is 0.119. The molecule has 0 radical (unpaired) electrons. The number of hydrogen-bond acceptors (Lipinski definition) is 5. The summed E-state index contributed by atoms with van der Waals surface area (Å²) in [7, 11) is 0. The van der Waals surface area contributed by atoms with Crippen molar-refractivity contribution in [3.8, 4) is 5.75 Å². The first kappa shape index (κ1) is 19.4. The maximum atomic E-state index is 12.6. The van der Waals surface area contributed by atoms with Gasteiger partial charge in [0.25, 0.3) is 5.89 Å². The summed E-state index contributed by atoms with van der Waals surface area (Å²) in [5, 5.41) is 5.26. The second kappa shape index (κ2) is 8.26. The third-order valence-corrected chi connectivity index (χ3v) is 5.81. The SMILES string of the molecule is Cc1ccccc1OCc1nc(C2CN(C(=O)CCc3c[nH]c4ccccc34)C2)no1. The number of aromatic nitrogens is 3. The van der Waals surface area contributed by atoms with E-state index in [2.05, 4.69) is 21.2 Å². The smallest absolute Gasteiger partial charge is 0.264 e. The second-order valence-electron chi connectivity index (χ2n) is 7.96. The van der Waals surface area contributed by atoms with Crippen molar-refractivity contribution in [1.29, 1.82) is 0 Å². The van der Waals surface area contributed by atoms with Gasteiger partial charge in [0, 0.05) is 36.6 Å². The predicted molar refractivity (Wildman–Crippen MR) is 116 cm³/mol. The zero-order valence-electron chi connectivity index (χ0n) is 17.4. The first-order chi connectivity index (χ1) is 15.2. The minimum atomic E-state index is 0.119. The summed E-state index contributed by atoms with van der Waals surface area (Å²) in [5.74, 6) is 2.17. The molecule has 1 aliphatic heterocycles. The lowest BCUT2D eigenvalue weighted by atomic mass is 9.98. The fraction of sp³-hybridized carbons (Fsp3) is 0.292.